The zero-order chi connectivity index (χ0) is 31.0. The van der Waals surface area contributed by atoms with E-state index in [9.17, 15) is 35.7 Å². The van der Waals surface area contributed by atoms with Crippen LogP contribution in [-0.4, -0.2) is 121 Å². The second kappa shape index (κ2) is 15.2. The molecule has 1 fully saturated rings. The number of phenols is 1. The van der Waals surface area contributed by atoms with Crippen LogP contribution in [0, 0.1) is 0 Å². The summed E-state index contributed by atoms with van der Waals surface area (Å²) < 4.78 is 38.0. The minimum atomic E-state index is -1.55. The molecule has 0 spiro atoms. The van der Waals surface area contributed by atoms with Gasteiger partial charge in [0.15, 0.2) is 35.4 Å². The monoisotopic (exact) mass is 598 g/mol. The van der Waals surface area contributed by atoms with Crippen molar-refractivity contribution in [3.8, 4) is 34.5 Å². The maximum absolute atomic E-state index is 11.0. The second-order valence-electron chi connectivity index (χ2n) is 9.25. The third kappa shape index (κ3) is 7.35. The molecule has 1 saturated heterocycles. The summed E-state index contributed by atoms with van der Waals surface area (Å²) in [7, 11) is 5.49. The highest BCUT2D eigenvalue weighted by Gasteiger charge is 2.43. The van der Waals surface area contributed by atoms with E-state index in [0.29, 0.717) is 5.56 Å². The van der Waals surface area contributed by atoms with Gasteiger partial charge in [0.25, 0.3) is 0 Å². The fraction of sp³-hybridized carbons (Fsp3) is 0.500. The normalized spacial score (nSPS) is 23.8. The Kier molecular flexibility index (Phi) is 12.0. The summed E-state index contributed by atoms with van der Waals surface area (Å²) in [4.78, 5) is 0. The van der Waals surface area contributed by atoms with Crippen molar-refractivity contribution in [2.75, 3.05) is 48.3 Å². The van der Waals surface area contributed by atoms with Crippen LogP contribution in [0.1, 0.15) is 17.2 Å². The van der Waals surface area contributed by atoms with Gasteiger partial charge in [-0.25, -0.2) is 0 Å². The largest absolute Gasteiger partial charge is 0.502 e. The average Bonchev–Trinajstić information content (AvgIpc) is 3.01. The highest BCUT2D eigenvalue weighted by Crippen LogP contribution is 2.43. The molecule has 1 aliphatic rings. The van der Waals surface area contributed by atoms with Gasteiger partial charge in [-0.2, -0.15) is 0 Å². The van der Waals surface area contributed by atoms with Crippen LogP contribution in [0.2, 0.25) is 0 Å². The number of aliphatic hydroxyl groups is 6. The van der Waals surface area contributed by atoms with Gasteiger partial charge in [0.05, 0.1) is 48.3 Å². The van der Waals surface area contributed by atoms with Gasteiger partial charge in [-0.3, -0.25) is 0 Å². The van der Waals surface area contributed by atoms with Crippen molar-refractivity contribution in [2.24, 2.45) is 0 Å². The van der Waals surface area contributed by atoms with Crippen LogP contribution in [-0.2, 0) is 9.47 Å². The number of ether oxygens (including phenoxy) is 7. The zero-order valence-electron chi connectivity index (χ0n) is 23.6. The number of methoxy groups -OCH3 is 4. The van der Waals surface area contributed by atoms with Crippen LogP contribution < -0.4 is 23.7 Å². The maximum atomic E-state index is 11.0. The van der Waals surface area contributed by atoms with Crippen LogP contribution in [0.5, 0.6) is 34.5 Å². The van der Waals surface area contributed by atoms with Crippen LogP contribution in [0.25, 0.3) is 6.08 Å². The van der Waals surface area contributed by atoms with E-state index in [1.54, 1.807) is 24.3 Å². The summed E-state index contributed by atoms with van der Waals surface area (Å²) in [6.45, 7) is -1.24. The lowest BCUT2D eigenvalue weighted by molar-refractivity contribution is -0.298. The number of aliphatic hydroxyl groups excluding tert-OH is 6. The van der Waals surface area contributed by atoms with Gasteiger partial charge in [-0.15, -0.1) is 0 Å². The molecule has 234 valence electrons. The Bertz CT molecular complexity index is 1140. The van der Waals surface area contributed by atoms with Gasteiger partial charge >= 0.3 is 0 Å². The lowest BCUT2D eigenvalue weighted by Crippen LogP contribution is -2.59. The summed E-state index contributed by atoms with van der Waals surface area (Å²) in [5.74, 6) is 0.406. The number of hydrogen-bond acceptors (Lipinski definition) is 14. The molecular formula is C28H38O14. The Balaban J connectivity index is 1.77. The summed E-state index contributed by atoms with van der Waals surface area (Å²) in [6.07, 6.45) is -6.27. The van der Waals surface area contributed by atoms with Crippen LogP contribution in [0.15, 0.2) is 30.3 Å². The van der Waals surface area contributed by atoms with Crippen molar-refractivity contribution in [3.05, 3.63) is 41.5 Å². The van der Waals surface area contributed by atoms with Crippen molar-refractivity contribution in [1.82, 2.24) is 0 Å². The molecule has 0 aliphatic carbocycles. The lowest BCUT2D eigenvalue weighted by atomic mass is 9.99. The Morgan fingerprint density at radius 1 is 0.833 bits per heavy atom. The van der Waals surface area contributed by atoms with E-state index >= 15 is 0 Å². The standard InChI is InChI=1S/C28H38O14/c1-36-16-10-15(11-17(37-2)23(16)32)22(31)20(12-29)41-27-18(38-3)8-14(9-19(27)39-4)6-5-7-40-28-26(35)25(34)24(33)21(13-30)42-28/h5-6,8-11,20-22,24-26,28-35H,7,12-13H2,1-4H3. The van der Waals surface area contributed by atoms with E-state index in [4.69, 9.17) is 33.2 Å². The molecule has 0 radical (unpaired) electrons. The molecule has 2 aromatic rings. The molecule has 0 amide bonds. The Labute approximate surface area is 242 Å². The van der Waals surface area contributed by atoms with E-state index in [1.165, 1.54) is 40.6 Å². The maximum Gasteiger partial charge on any atom is 0.204 e. The smallest absolute Gasteiger partial charge is 0.204 e. The van der Waals surface area contributed by atoms with Gasteiger partial charge in [0.2, 0.25) is 11.5 Å². The van der Waals surface area contributed by atoms with Crippen molar-refractivity contribution in [3.63, 3.8) is 0 Å². The molecule has 7 unspecified atom stereocenters. The van der Waals surface area contributed by atoms with Gasteiger partial charge in [-0.05, 0) is 35.4 Å². The Morgan fingerprint density at radius 2 is 1.40 bits per heavy atom. The van der Waals surface area contributed by atoms with Crippen LogP contribution >= 0.6 is 0 Å². The topological polar surface area (TPSA) is 206 Å². The molecular weight excluding hydrogens is 560 g/mol. The van der Waals surface area contributed by atoms with Gasteiger partial charge < -0.3 is 68.9 Å². The first kappa shape index (κ1) is 33.2. The molecule has 2 aromatic carbocycles. The molecule has 42 heavy (non-hydrogen) atoms. The van der Waals surface area contributed by atoms with Crippen molar-refractivity contribution in [1.29, 1.82) is 0 Å². The molecule has 1 aliphatic heterocycles. The molecule has 14 nitrogen and oxygen atoms in total. The molecule has 1 heterocycles. The van der Waals surface area contributed by atoms with Crippen molar-refractivity contribution < 1.29 is 68.9 Å². The predicted octanol–water partition coefficient (Wildman–Crippen LogP) is -0.270. The summed E-state index contributed by atoms with van der Waals surface area (Å²) in [5, 5.41) is 70.5. The Morgan fingerprint density at radius 3 is 1.90 bits per heavy atom. The number of benzene rings is 2. The van der Waals surface area contributed by atoms with Crippen molar-refractivity contribution in [2.45, 2.75) is 42.9 Å². The average molecular weight is 599 g/mol. The predicted molar refractivity (Wildman–Crippen MR) is 146 cm³/mol. The van der Waals surface area contributed by atoms with Crippen LogP contribution in [0.4, 0.5) is 0 Å². The van der Waals surface area contributed by atoms with Gasteiger partial charge in [-0.1, -0.05) is 12.2 Å². The number of phenolic OH excluding ortho intramolecular Hbond substituents is 1. The zero-order valence-corrected chi connectivity index (χ0v) is 23.6. The first-order chi connectivity index (χ1) is 20.1. The molecule has 3 rings (SSSR count). The van der Waals surface area contributed by atoms with E-state index in [-0.39, 0.29) is 46.7 Å². The van der Waals surface area contributed by atoms with E-state index in [0.717, 1.165) is 0 Å². The number of hydrogen-bond donors (Lipinski definition) is 7. The molecule has 7 N–H and O–H groups in total. The lowest BCUT2D eigenvalue weighted by Gasteiger charge is -2.39. The minimum absolute atomic E-state index is 0.0573. The van der Waals surface area contributed by atoms with E-state index in [2.05, 4.69) is 0 Å². The first-order valence-electron chi connectivity index (χ1n) is 12.9. The number of aromatic hydroxyl groups is 1. The second-order valence-corrected chi connectivity index (χ2v) is 9.25. The molecule has 0 saturated carbocycles. The fourth-order valence-corrected chi connectivity index (χ4v) is 4.30. The highest BCUT2D eigenvalue weighted by molar-refractivity contribution is 5.62. The van der Waals surface area contributed by atoms with E-state index in [1.807, 2.05) is 0 Å². The highest BCUT2D eigenvalue weighted by atomic mass is 16.7. The van der Waals surface area contributed by atoms with Crippen LogP contribution in [0.3, 0.4) is 0 Å². The SMILES string of the molecule is COc1cc(C(O)C(CO)Oc2c(OC)cc(C=CCOC3OC(CO)C(O)C(O)C3O)cc2OC)cc(OC)c1O. The molecule has 14 heteroatoms. The van der Waals surface area contributed by atoms with Crippen molar-refractivity contribution >= 4 is 6.08 Å². The molecule has 7 atom stereocenters. The first-order valence-corrected chi connectivity index (χ1v) is 12.9. The van der Waals surface area contributed by atoms with E-state index < -0.39 is 56.1 Å². The quantitative estimate of drug-likeness (QED) is 0.150. The fourth-order valence-electron chi connectivity index (χ4n) is 4.30. The molecule has 0 aromatic heterocycles. The minimum Gasteiger partial charge on any atom is -0.502 e. The van der Waals surface area contributed by atoms with Gasteiger partial charge in [0.1, 0.15) is 30.5 Å². The number of rotatable bonds is 14. The summed E-state index contributed by atoms with van der Waals surface area (Å²) in [6, 6.07) is 6.00. The van der Waals surface area contributed by atoms with Gasteiger partial charge in [0, 0.05) is 0 Å². The summed E-state index contributed by atoms with van der Waals surface area (Å²) >= 11 is 0. The third-order valence-corrected chi connectivity index (χ3v) is 6.64. The Hall–Kier alpha value is -3.34. The molecule has 0 bridgehead atoms. The third-order valence-electron chi connectivity index (χ3n) is 6.64. The summed E-state index contributed by atoms with van der Waals surface area (Å²) in [5.41, 5.74) is 0.833.